The summed E-state index contributed by atoms with van der Waals surface area (Å²) in [5, 5.41) is 2.02. The van der Waals surface area contributed by atoms with Gasteiger partial charge in [-0.1, -0.05) is 24.3 Å². The predicted molar refractivity (Wildman–Crippen MR) is 92.5 cm³/mol. The van der Waals surface area contributed by atoms with Crippen LogP contribution in [-0.2, 0) is 17.9 Å². The molecule has 1 heterocycles. The van der Waals surface area contributed by atoms with E-state index in [1.165, 1.54) is 0 Å². The molecule has 2 N–H and O–H groups in total. The van der Waals surface area contributed by atoms with Gasteiger partial charge in [0.25, 0.3) is 0 Å². The van der Waals surface area contributed by atoms with Crippen molar-refractivity contribution in [2.45, 2.75) is 19.5 Å². The van der Waals surface area contributed by atoms with Crippen molar-refractivity contribution in [1.82, 2.24) is 4.90 Å². The quantitative estimate of drug-likeness (QED) is 0.842. The third-order valence-corrected chi connectivity index (χ3v) is 4.05. The number of carbonyl (C=O) groups is 1. The highest BCUT2D eigenvalue weighted by Crippen LogP contribution is 2.21. The van der Waals surface area contributed by atoms with Crippen molar-refractivity contribution in [2.75, 3.05) is 13.7 Å². The standard InChI is InChI=1S/C16H20N2O2S.ClH/c1-20-15-7-3-2-5-13(15)11-18(16(19)8-9-17)12-14-6-4-10-21-14;/h2-7,10H,8-9,11-12,17H2,1H3;1H. The Balaban J connectivity index is 0.00000242. The molecular formula is C16H21ClN2O2S. The fourth-order valence-corrected chi connectivity index (χ4v) is 2.86. The van der Waals surface area contributed by atoms with Crippen LogP contribution in [0.25, 0.3) is 0 Å². The number of rotatable bonds is 7. The number of nitrogens with zero attached hydrogens (tertiary/aromatic N) is 1. The lowest BCUT2D eigenvalue weighted by Gasteiger charge is -2.23. The molecule has 22 heavy (non-hydrogen) atoms. The number of carbonyl (C=O) groups excluding carboxylic acids is 1. The van der Waals surface area contributed by atoms with Gasteiger partial charge in [-0.3, -0.25) is 4.79 Å². The molecule has 4 nitrogen and oxygen atoms in total. The molecule has 0 bridgehead atoms. The maximum Gasteiger partial charge on any atom is 0.224 e. The van der Waals surface area contributed by atoms with Gasteiger partial charge in [0, 0.05) is 30.0 Å². The number of nitrogens with two attached hydrogens (primary N) is 1. The maximum absolute atomic E-state index is 12.3. The molecule has 1 aromatic carbocycles. The normalized spacial score (nSPS) is 9.91. The Kier molecular flexibility index (Phi) is 7.95. The van der Waals surface area contributed by atoms with Gasteiger partial charge in [-0.25, -0.2) is 0 Å². The second-order valence-corrected chi connectivity index (χ2v) is 5.71. The number of amides is 1. The van der Waals surface area contributed by atoms with E-state index < -0.39 is 0 Å². The van der Waals surface area contributed by atoms with Gasteiger partial charge < -0.3 is 15.4 Å². The van der Waals surface area contributed by atoms with Gasteiger partial charge in [0.1, 0.15) is 5.75 Å². The molecule has 2 rings (SSSR count). The van der Waals surface area contributed by atoms with Gasteiger partial charge >= 0.3 is 0 Å². The molecule has 0 aliphatic heterocycles. The van der Waals surface area contributed by atoms with Crippen molar-refractivity contribution < 1.29 is 9.53 Å². The van der Waals surface area contributed by atoms with Crippen LogP contribution >= 0.6 is 23.7 Å². The molecule has 0 saturated carbocycles. The smallest absolute Gasteiger partial charge is 0.224 e. The number of ether oxygens (including phenoxy) is 1. The van der Waals surface area contributed by atoms with Gasteiger partial charge in [0.05, 0.1) is 13.7 Å². The highest BCUT2D eigenvalue weighted by Gasteiger charge is 2.16. The van der Waals surface area contributed by atoms with Crippen LogP contribution in [0.4, 0.5) is 0 Å². The van der Waals surface area contributed by atoms with Gasteiger partial charge in [0.15, 0.2) is 0 Å². The fourth-order valence-electron chi connectivity index (χ4n) is 2.14. The van der Waals surface area contributed by atoms with Crippen molar-refractivity contribution in [2.24, 2.45) is 5.73 Å². The molecule has 0 atom stereocenters. The first-order chi connectivity index (χ1) is 10.2. The van der Waals surface area contributed by atoms with Crippen molar-refractivity contribution in [3.63, 3.8) is 0 Å². The van der Waals surface area contributed by atoms with Crippen molar-refractivity contribution in [3.8, 4) is 5.75 Å². The Morgan fingerprint density at radius 1 is 1.23 bits per heavy atom. The molecule has 2 aromatic rings. The lowest BCUT2D eigenvalue weighted by Crippen LogP contribution is -2.31. The number of halogens is 1. The summed E-state index contributed by atoms with van der Waals surface area (Å²) in [5.74, 6) is 0.867. The topological polar surface area (TPSA) is 55.6 Å². The minimum Gasteiger partial charge on any atom is -0.496 e. The van der Waals surface area contributed by atoms with Crippen LogP contribution in [0.2, 0.25) is 0 Å². The zero-order valence-electron chi connectivity index (χ0n) is 12.5. The van der Waals surface area contributed by atoms with E-state index in [0.29, 0.717) is 26.1 Å². The summed E-state index contributed by atoms with van der Waals surface area (Å²) in [4.78, 5) is 15.3. The molecule has 0 fully saturated rings. The van der Waals surface area contributed by atoms with E-state index in [1.807, 2.05) is 46.7 Å². The zero-order chi connectivity index (χ0) is 15.1. The summed E-state index contributed by atoms with van der Waals surface area (Å²) in [7, 11) is 1.64. The van der Waals surface area contributed by atoms with Crippen LogP contribution in [0.1, 0.15) is 16.9 Å². The summed E-state index contributed by atoms with van der Waals surface area (Å²) < 4.78 is 5.36. The first-order valence-electron chi connectivity index (χ1n) is 6.86. The van der Waals surface area contributed by atoms with Gasteiger partial charge in [0.2, 0.25) is 5.91 Å². The Morgan fingerprint density at radius 2 is 2.00 bits per heavy atom. The van der Waals surface area contributed by atoms with E-state index in [1.54, 1.807) is 18.4 Å². The predicted octanol–water partition coefficient (Wildman–Crippen LogP) is 3.06. The number of thiophene rings is 1. The number of para-hydroxylation sites is 1. The minimum atomic E-state index is 0. The number of hydrogen-bond donors (Lipinski definition) is 1. The Labute approximate surface area is 141 Å². The van der Waals surface area contributed by atoms with E-state index in [-0.39, 0.29) is 18.3 Å². The first kappa shape index (κ1) is 18.5. The third kappa shape index (κ3) is 5.02. The number of methoxy groups -OCH3 is 1. The first-order valence-corrected chi connectivity index (χ1v) is 7.74. The summed E-state index contributed by atoms with van der Waals surface area (Å²) in [5.41, 5.74) is 6.52. The molecule has 0 spiro atoms. The monoisotopic (exact) mass is 340 g/mol. The number of benzene rings is 1. The summed E-state index contributed by atoms with van der Waals surface area (Å²) >= 11 is 1.65. The highest BCUT2D eigenvalue weighted by atomic mass is 35.5. The third-order valence-electron chi connectivity index (χ3n) is 3.19. The summed E-state index contributed by atoms with van der Waals surface area (Å²) in [6.45, 7) is 1.50. The van der Waals surface area contributed by atoms with E-state index in [0.717, 1.165) is 16.2 Å². The highest BCUT2D eigenvalue weighted by molar-refractivity contribution is 7.09. The largest absolute Gasteiger partial charge is 0.496 e. The summed E-state index contributed by atoms with van der Waals surface area (Å²) in [6.07, 6.45) is 0.362. The van der Waals surface area contributed by atoms with Crippen LogP contribution in [0.15, 0.2) is 41.8 Å². The molecule has 0 aliphatic carbocycles. The van der Waals surface area contributed by atoms with E-state index >= 15 is 0 Å². The average Bonchev–Trinajstić information content (AvgIpc) is 3.00. The molecule has 120 valence electrons. The number of hydrogen-bond acceptors (Lipinski definition) is 4. The van der Waals surface area contributed by atoms with Crippen LogP contribution in [-0.4, -0.2) is 24.5 Å². The molecule has 1 aromatic heterocycles. The fraction of sp³-hybridized carbons (Fsp3) is 0.312. The minimum absolute atomic E-state index is 0. The van der Waals surface area contributed by atoms with Gasteiger partial charge in [-0.2, -0.15) is 0 Å². The second-order valence-electron chi connectivity index (χ2n) is 4.68. The lowest BCUT2D eigenvalue weighted by molar-refractivity contribution is -0.132. The lowest BCUT2D eigenvalue weighted by atomic mass is 10.1. The second kappa shape index (κ2) is 9.46. The van der Waals surface area contributed by atoms with Crippen LogP contribution in [0, 0.1) is 0 Å². The molecule has 0 radical (unpaired) electrons. The Morgan fingerprint density at radius 3 is 2.64 bits per heavy atom. The molecule has 0 aliphatic rings. The van der Waals surface area contributed by atoms with E-state index in [2.05, 4.69) is 0 Å². The van der Waals surface area contributed by atoms with E-state index in [9.17, 15) is 4.79 Å². The van der Waals surface area contributed by atoms with Gasteiger partial charge in [-0.15, -0.1) is 23.7 Å². The SMILES string of the molecule is COc1ccccc1CN(Cc1cccs1)C(=O)CCN.Cl. The Bertz CT molecular complexity index is 575. The van der Waals surface area contributed by atoms with Crippen molar-refractivity contribution in [1.29, 1.82) is 0 Å². The molecule has 1 amide bonds. The van der Waals surface area contributed by atoms with Crippen LogP contribution in [0.5, 0.6) is 5.75 Å². The Hall–Kier alpha value is -1.56. The summed E-state index contributed by atoms with van der Waals surface area (Å²) in [6, 6.07) is 11.8. The van der Waals surface area contributed by atoms with Gasteiger partial charge in [-0.05, 0) is 17.5 Å². The maximum atomic E-state index is 12.3. The zero-order valence-corrected chi connectivity index (χ0v) is 14.2. The average molecular weight is 341 g/mol. The van der Waals surface area contributed by atoms with Crippen LogP contribution < -0.4 is 10.5 Å². The molecular weight excluding hydrogens is 320 g/mol. The van der Waals surface area contributed by atoms with Crippen molar-refractivity contribution in [3.05, 3.63) is 52.2 Å². The molecule has 6 heteroatoms. The van der Waals surface area contributed by atoms with Crippen LogP contribution in [0.3, 0.4) is 0 Å². The van der Waals surface area contributed by atoms with Crippen molar-refractivity contribution >= 4 is 29.7 Å². The van der Waals surface area contributed by atoms with E-state index in [4.69, 9.17) is 10.5 Å². The molecule has 0 saturated heterocycles. The molecule has 0 unspecified atom stereocenters.